The lowest BCUT2D eigenvalue weighted by Crippen LogP contribution is -2.25. The Morgan fingerprint density at radius 2 is 1.79 bits per heavy atom. The van der Waals surface area contributed by atoms with E-state index in [0.717, 1.165) is 16.8 Å². The van der Waals surface area contributed by atoms with Crippen LogP contribution >= 0.6 is 11.6 Å². The predicted molar refractivity (Wildman–Crippen MR) is 109 cm³/mol. The third-order valence-corrected chi connectivity index (χ3v) is 4.51. The largest absolute Gasteiger partial charge is 0.347 e. The molecule has 6 heteroatoms. The highest BCUT2D eigenvalue weighted by molar-refractivity contribution is 6.30. The van der Waals surface area contributed by atoms with Crippen LogP contribution in [0.25, 0.3) is 16.9 Å². The van der Waals surface area contributed by atoms with Crippen molar-refractivity contribution in [2.75, 3.05) is 0 Å². The van der Waals surface area contributed by atoms with Gasteiger partial charge in [0.15, 0.2) is 0 Å². The lowest BCUT2D eigenvalue weighted by atomic mass is 10.1. The Morgan fingerprint density at radius 3 is 2.50 bits per heavy atom. The lowest BCUT2D eigenvalue weighted by Gasteiger charge is -2.08. The zero-order valence-corrected chi connectivity index (χ0v) is 15.7. The smallest absolute Gasteiger partial charge is 0.270 e. The first-order chi connectivity index (χ1) is 13.7. The Bertz CT molecular complexity index is 1080. The number of aromatic nitrogens is 3. The molecular weight excluding hydrogens is 372 g/mol. The maximum atomic E-state index is 12.9. The van der Waals surface area contributed by atoms with Crippen molar-refractivity contribution in [3.8, 4) is 16.9 Å². The molecule has 0 aliphatic rings. The van der Waals surface area contributed by atoms with Crippen molar-refractivity contribution in [2.45, 2.75) is 6.54 Å². The van der Waals surface area contributed by atoms with E-state index in [2.05, 4.69) is 15.4 Å². The molecule has 0 radical (unpaired) electrons. The van der Waals surface area contributed by atoms with E-state index in [1.54, 1.807) is 35.3 Å². The van der Waals surface area contributed by atoms with Crippen LogP contribution in [0.3, 0.4) is 0 Å². The first kappa shape index (κ1) is 17.9. The number of carbonyl (C=O) groups is 1. The highest BCUT2D eigenvalue weighted by atomic mass is 35.5. The SMILES string of the molecule is O=C(NCc1cccnc1)c1cc(-c2ccc(Cl)cc2)nn1-c1ccccc1. The first-order valence-electron chi connectivity index (χ1n) is 8.79. The summed E-state index contributed by atoms with van der Waals surface area (Å²) in [5.74, 6) is -0.208. The molecule has 0 unspecified atom stereocenters. The zero-order chi connectivity index (χ0) is 19.3. The molecule has 4 aromatic rings. The van der Waals surface area contributed by atoms with Crippen molar-refractivity contribution < 1.29 is 4.79 Å². The van der Waals surface area contributed by atoms with E-state index in [1.165, 1.54) is 0 Å². The summed E-state index contributed by atoms with van der Waals surface area (Å²) in [6, 6.07) is 22.5. The van der Waals surface area contributed by atoms with E-state index < -0.39 is 0 Å². The normalized spacial score (nSPS) is 10.6. The third-order valence-electron chi connectivity index (χ3n) is 4.26. The minimum Gasteiger partial charge on any atom is -0.347 e. The summed E-state index contributed by atoms with van der Waals surface area (Å²) in [4.78, 5) is 17.0. The average molecular weight is 389 g/mol. The highest BCUT2D eigenvalue weighted by Crippen LogP contribution is 2.23. The van der Waals surface area contributed by atoms with E-state index in [1.807, 2.05) is 54.6 Å². The van der Waals surface area contributed by atoms with Crippen LogP contribution in [0.1, 0.15) is 16.1 Å². The Labute approximate surface area is 167 Å². The standard InChI is InChI=1S/C22H17ClN4O/c23-18-10-8-17(9-11-18)20-13-21(27(26-20)19-6-2-1-3-7-19)22(28)25-15-16-5-4-12-24-14-16/h1-14H,15H2,(H,25,28). The number of benzene rings is 2. The second kappa shape index (κ2) is 8.06. The van der Waals surface area contributed by atoms with E-state index in [4.69, 9.17) is 11.6 Å². The number of para-hydroxylation sites is 1. The minimum absolute atomic E-state index is 0.208. The number of nitrogens with one attached hydrogen (secondary N) is 1. The summed E-state index contributed by atoms with van der Waals surface area (Å²) in [6.45, 7) is 0.392. The second-order valence-electron chi connectivity index (χ2n) is 6.21. The quantitative estimate of drug-likeness (QED) is 0.547. The molecule has 0 aliphatic carbocycles. The molecule has 0 aliphatic heterocycles. The number of hydrogen-bond acceptors (Lipinski definition) is 3. The molecule has 2 aromatic carbocycles. The van der Waals surface area contributed by atoms with E-state index >= 15 is 0 Å². The fourth-order valence-corrected chi connectivity index (χ4v) is 2.97. The summed E-state index contributed by atoms with van der Waals surface area (Å²) >= 11 is 5.99. The fraction of sp³-hybridized carbons (Fsp3) is 0.0455. The molecule has 0 atom stereocenters. The minimum atomic E-state index is -0.208. The van der Waals surface area contributed by atoms with Gasteiger partial charge in [0.2, 0.25) is 0 Å². The number of halogens is 1. The number of nitrogens with zero attached hydrogens (tertiary/aromatic N) is 3. The molecule has 5 nitrogen and oxygen atoms in total. The molecule has 1 amide bonds. The van der Waals surface area contributed by atoms with Crippen LogP contribution in [0.4, 0.5) is 0 Å². The van der Waals surface area contributed by atoms with E-state index in [0.29, 0.717) is 23.0 Å². The molecule has 0 fully saturated rings. The number of amides is 1. The van der Waals surface area contributed by atoms with Crippen molar-refractivity contribution >= 4 is 17.5 Å². The van der Waals surface area contributed by atoms with Crippen molar-refractivity contribution in [1.29, 1.82) is 0 Å². The first-order valence-corrected chi connectivity index (χ1v) is 9.17. The summed E-state index contributed by atoms with van der Waals surface area (Å²) in [6.07, 6.45) is 3.43. The van der Waals surface area contributed by atoms with Crippen LogP contribution in [0.2, 0.25) is 5.02 Å². The monoisotopic (exact) mass is 388 g/mol. The molecule has 28 heavy (non-hydrogen) atoms. The maximum Gasteiger partial charge on any atom is 0.270 e. The summed E-state index contributed by atoms with van der Waals surface area (Å²) < 4.78 is 1.66. The number of pyridine rings is 1. The Balaban J connectivity index is 1.68. The molecule has 1 N–H and O–H groups in total. The average Bonchev–Trinajstić information content (AvgIpc) is 3.19. The molecule has 2 aromatic heterocycles. The van der Waals surface area contributed by atoms with Gasteiger partial charge in [-0.05, 0) is 42.0 Å². The highest BCUT2D eigenvalue weighted by Gasteiger charge is 2.17. The van der Waals surface area contributed by atoms with Gasteiger partial charge in [0.05, 0.1) is 11.4 Å². The van der Waals surface area contributed by atoms with E-state index in [-0.39, 0.29) is 5.91 Å². The summed E-state index contributed by atoms with van der Waals surface area (Å²) in [5.41, 5.74) is 3.79. The molecule has 0 spiro atoms. The Hall–Kier alpha value is -3.44. The van der Waals surface area contributed by atoms with Crippen molar-refractivity contribution in [3.05, 3.63) is 101 Å². The van der Waals surface area contributed by atoms with Gasteiger partial charge in [0.25, 0.3) is 5.91 Å². The van der Waals surface area contributed by atoms with Crippen LogP contribution in [0.15, 0.2) is 85.2 Å². The third kappa shape index (κ3) is 3.94. The molecule has 4 rings (SSSR count). The van der Waals surface area contributed by atoms with Gasteiger partial charge in [-0.3, -0.25) is 9.78 Å². The number of rotatable bonds is 5. The van der Waals surface area contributed by atoms with Crippen LogP contribution in [-0.2, 0) is 6.54 Å². The molecule has 0 bridgehead atoms. The fourth-order valence-electron chi connectivity index (χ4n) is 2.85. The molecule has 2 heterocycles. The van der Waals surface area contributed by atoms with Crippen LogP contribution in [-0.4, -0.2) is 20.7 Å². The van der Waals surface area contributed by atoms with Crippen molar-refractivity contribution in [1.82, 2.24) is 20.1 Å². The predicted octanol–water partition coefficient (Wildman–Crippen LogP) is 4.52. The second-order valence-corrected chi connectivity index (χ2v) is 6.65. The summed E-state index contributed by atoms with van der Waals surface area (Å²) in [7, 11) is 0. The van der Waals surface area contributed by atoms with Gasteiger partial charge in [-0.2, -0.15) is 5.10 Å². The molecule has 0 saturated heterocycles. The van der Waals surface area contributed by atoms with Gasteiger partial charge in [0, 0.05) is 29.5 Å². The van der Waals surface area contributed by atoms with E-state index in [9.17, 15) is 4.79 Å². The summed E-state index contributed by atoms with van der Waals surface area (Å²) in [5, 5.41) is 8.25. The van der Waals surface area contributed by atoms with Gasteiger partial charge >= 0.3 is 0 Å². The number of carbonyl (C=O) groups excluding carboxylic acids is 1. The van der Waals surface area contributed by atoms with Gasteiger partial charge in [-0.15, -0.1) is 0 Å². The zero-order valence-electron chi connectivity index (χ0n) is 14.9. The van der Waals surface area contributed by atoms with Crippen molar-refractivity contribution in [2.24, 2.45) is 0 Å². The van der Waals surface area contributed by atoms with Crippen LogP contribution in [0, 0.1) is 0 Å². The van der Waals surface area contributed by atoms with Gasteiger partial charge in [-0.1, -0.05) is 48.0 Å². The molecule has 138 valence electrons. The van der Waals surface area contributed by atoms with Gasteiger partial charge < -0.3 is 5.32 Å². The maximum absolute atomic E-state index is 12.9. The molecular formula is C22H17ClN4O. The van der Waals surface area contributed by atoms with Crippen molar-refractivity contribution in [3.63, 3.8) is 0 Å². The molecule has 0 saturated carbocycles. The topological polar surface area (TPSA) is 59.8 Å². The van der Waals surface area contributed by atoms with Gasteiger partial charge in [0.1, 0.15) is 5.69 Å². The van der Waals surface area contributed by atoms with Crippen LogP contribution in [0.5, 0.6) is 0 Å². The Kier molecular flexibility index (Phi) is 5.17. The number of hydrogen-bond donors (Lipinski definition) is 1. The van der Waals surface area contributed by atoms with Crippen LogP contribution < -0.4 is 5.32 Å². The lowest BCUT2D eigenvalue weighted by molar-refractivity contribution is 0.0943. The Morgan fingerprint density at radius 1 is 1.00 bits per heavy atom. The van der Waals surface area contributed by atoms with Gasteiger partial charge in [-0.25, -0.2) is 4.68 Å².